The first-order valence-corrected chi connectivity index (χ1v) is 26.1. The molecule has 0 saturated carbocycles. The maximum atomic E-state index is 2.56. The number of fused-ring (bicyclic) bond motifs is 5. The molecule has 0 aromatic heterocycles. The molecule has 0 heterocycles. The van der Waals surface area contributed by atoms with E-state index in [-0.39, 0.29) is 11.3 Å². The molecule has 1 unspecified atom stereocenters. The third-order valence-electron chi connectivity index (χ3n) is 11.5. The van der Waals surface area contributed by atoms with Gasteiger partial charge in [0.15, 0.2) is 0 Å². The van der Waals surface area contributed by atoms with Crippen LogP contribution in [0, 0.1) is 0 Å². The van der Waals surface area contributed by atoms with Crippen LogP contribution < -0.4 is 15.3 Å². The molecule has 0 aliphatic heterocycles. The van der Waals surface area contributed by atoms with Crippen molar-refractivity contribution in [3.63, 3.8) is 0 Å². The number of anilines is 3. The number of nitrogens with zero attached hydrogens (tertiary/aromatic N) is 1. The molecule has 1 atom stereocenters. The SMILES string of the molecule is CC1(C)c2cc(N(c3ccccc3)c3ccc([Si](C)(C)C)cc3)ccc2-c2c1cc(C(c1ccccc1)c1ccc([Si](C)(C)C)cc1)c1ccccc21. The van der Waals surface area contributed by atoms with Crippen LogP contribution in [-0.2, 0) is 5.41 Å². The molecule has 0 bridgehead atoms. The van der Waals surface area contributed by atoms with Crippen LogP contribution in [-0.4, -0.2) is 16.1 Å². The van der Waals surface area contributed by atoms with Gasteiger partial charge >= 0.3 is 0 Å². The van der Waals surface area contributed by atoms with Crippen LogP contribution in [0.1, 0.15) is 47.6 Å². The lowest BCUT2D eigenvalue weighted by molar-refractivity contribution is 0.659. The summed E-state index contributed by atoms with van der Waals surface area (Å²) in [5.41, 5.74) is 12.9. The molecule has 1 nitrogen and oxygen atoms in total. The van der Waals surface area contributed by atoms with Crippen molar-refractivity contribution in [1.29, 1.82) is 0 Å². The van der Waals surface area contributed by atoms with Crippen LogP contribution in [0.5, 0.6) is 0 Å². The van der Waals surface area contributed by atoms with E-state index in [1.165, 1.54) is 77.2 Å². The number of hydrogen-bond donors (Lipinski definition) is 0. The van der Waals surface area contributed by atoms with Crippen LogP contribution in [0.15, 0.2) is 158 Å². The van der Waals surface area contributed by atoms with Crippen molar-refractivity contribution in [3.8, 4) is 11.1 Å². The van der Waals surface area contributed by atoms with Crippen molar-refractivity contribution >= 4 is 54.4 Å². The zero-order valence-electron chi connectivity index (χ0n) is 32.5. The molecule has 0 radical (unpaired) electrons. The molecule has 7 aromatic rings. The smallest absolute Gasteiger partial charge is 0.0775 e. The molecule has 1 aliphatic rings. The predicted molar refractivity (Wildman–Crippen MR) is 236 cm³/mol. The molecule has 0 amide bonds. The Kier molecular flexibility index (Phi) is 8.71. The van der Waals surface area contributed by atoms with E-state index in [2.05, 4.69) is 216 Å². The van der Waals surface area contributed by atoms with Crippen molar-refractivity contribution in [2.24, 2.45) is 0 Å². The summed E-state index contributed by atoms with van der Waals surface area (Å²) in [6, 6.07) is 59.7. The molecule has 8 rings (SSSR count). The Morgan fingerprint density at radius 3 is 1.55 bits per heavy atom. The highest BCUT2D eigenvalue weighted by molar-refractivity contribution is 6.89. The Bertz CT molecular complexity index is 2420. The van der Waals surface area contributed by atoms with Crippen molar-refractivity contribution < 1.29 is 0 Å². The van der Waals surface area contributed by atoms with Gasteiger partial charge in [-0.15, -0.1) is 0 Å². The summed E-state index contributed by atoms with van der Waals surface area (Å²) in [6.07, 6.45) is 0. The van der Waals surface area contributed by atoms with Crippen molar-refractivity contribution in [2.45, 2.75) is 64.5 Å². The maximum absolute atomic E-state index is 2.56. The molecular formula is C50H51NSi2. The van der Waals surface area contributed by atoms with Gasteiger partial charge in [-0.1, -0.05) is 185 Å². The van der Waals surface area contributed by atoms with Crippen LogP contribution >= 0.6 is 0 Å². The first-order valence-electron chi connectivity index (χ1n) is 19.1. The second kappa shape index (κ2) is 13.2. The van der Waals surface area contributed by atoms with Crippen LogP contribution in [0.2, 0.25) is 39.3 Å². The Morgan fingerprint density at radius 1 is 0.453 bits per heavy atom. The van der Waals surface area contributed by atoms with E-state index in [0.717, 1.165) is 0 Å². The number of hydrogen-bond acceptors (Lipinski definition) is 1. The Balaban J connectivity index is 1.30. The lowest BCUT2D eigenvalue weighted by Crippen LogP contribution is -2.37. The zero-order chi connectivity index (χ0) is 37.1. The predicted octanol–water partition coefficient (Wildman–Crippen LogP) is 12.9. The third-order valence-corrected chi connectivity index (χ3v) is 15.6. The Morgan fingerprint density at radius 2 is 0.943 bits per heavy atom. The molecule has 264 valence electrons. The van der Waals surface area contributed by atoms with Gasteiger partial charge in [0.05, 0.1) is 16.1 Å². The van der Waals surface area contributed by atoms with Gasteiger partial charge in [0.1, 0.15) is 0 Å². The maximum Gasteiger partial charge on any atom is 0.0775 e. The summed E-state index contributed by atoms with van der Waals surface area (Å²) in [6.45, 7) is 19.4. The van der Waals surface area contributed by atoms with Crippen molar-refractivity contribution in [1.82, 2.24) is 0 Å². The molecule has 7 aromatic carbocycles. The first-order chi connectivity index (χ1) is 25.3. The van der Waals surface area contributed by atoms with Gasteiger partial charge in [-0.05, 0) is 86.1 Å². The second-order valence-corrected chi connectivity index (χ2v) is 27.6. The monoisotopic (exact) mass is 721 g/mol. The normalized spacial score (nSPS) is 14.1. The fourth-order valence-corrected chi connectivity index (χ4v) is 10.8. The molecule has 0 N–H and O–H groups in total. The second-order valence-electron chi connectivity index (χ2n) is 17.5. The summed E-state index contributed by atoms with van der Waals surface area (Å²) in [4.78, 5) is 2.42. The molecule has 0 saturated heterocycles. The zero-order valence-corrected chi connectivity index (χ0v) is 34.5. The van der Waals surface area contributed by atoms with Crippen LogP contribution in [0.4, 0.5) is 17.1 Å². The number of benzene rings is 7. The summed E-state index contributed by atoms with van der Waals surface area (Å²) >= 11 is 0. The van der Waals surface area contributed by atoms with Crippen molar-refractivity contribution in [3.05, 3.63) is 186 Å². The van der Waals surface area contributed by atoms with Gasteiger partial charge in [-0.2, -0.15) is 0 Å². The van der Waals surface area contributed by atoms with E-state index in [9.17, 15) is 0 Å². The van der Waals surface area contributed by atoms with Crippen LogP contribution in [0.25, 0.3) is 21.9 Å². The topological polar surface area (TPSA) is 3.24 Å². The largest absolute Gasteiger partial charge is 0.310 e. The standard InChI is InChI=1S/C50H51NSi2/c1-50(2)46-33-39(51(37-19-13-10-14-20-37)38-25-30-41(31-26-38)53(6,7)8)27-32-44(46)49-43-22-16-15-21-42(43)45(34-47(49)50)48(35-17-11-9-12-18-35)36-23-28-40(29-24-36)52(3,4)5/h9-34,48H,1-8H3. The van der Waals surface area contributed by atoms with Gasteiger partial charge in [-0.3, -0.25) is 0 Å². The van der Waals surface area contributed by atoms with E-state index in [1.807, 2.05) is 0 Å². The lowest BCUT2D eigenvalue weighted by atomic mass is 9.77. The van der Waals surface area contributed by atoms with E-state index in [1.54, 1.807) is 0 Å². The average molecular weight is 722 g/mol. The van der Waals surface area contributed by atoms with E-state index in [0.29, 0.717) is 0 Å². The minimum Gasteiger partial charge on any atom is -0.310 e. The fourth-order valence-electron chi connectivity index (χ4n) is 8.48. The van der Waals surface area contributed by atoms with E-state index < -0.39 is 16.1 Å². The highest BCUT2D eigenvalue weighted by atomic mass is 28.3. The van der Waals surface area contributed by atoms with Crippen molar-refractivity contribution in [2.75, 3.05) is 4.90 Å². The summed E-state index contributed by atoms with van der Waals surface area (Å²) in [5.74, 6) is 0.116. The summed E-state index contributed by atoms with van der Waals surface area (Å²) in [7, 11) is -2.86. The third kappa shape index (κ3) is 6.30. The molecule has 0 fully saturated rings. The fraction of sp³-hybridized carbons (Fsp3) is 0.200. The first kappa shape index (κ1) is 35.1. The molecule has 1 aliphatic carbocycles. The van der Waals surface area contributed by atoms with Crippen LogP contribution in [0.3, 0.4) is 0 Å². The highest BCUT2D eigenvalue weighted by Crippen LogP contribution is 2.54. The number of para-hydroxylation sites is 1. The summed E-state index contributed by atoms with van der Waals surface area (Å²) < 4.78 is 0. The quantitative estimate of drug-likeness (QED) is 0.112. The lowest BCUT2D eigenvalue weighted by Gasteiger charge is -2.29. The summed E-state index contributed by atoms with van der Waals surface area (Å²) in [5, 5.41) is 5.63. The Labute approximate surface area is 319 Å². The minimum atomic E-state index is -1.43. The van der Waals surface area contributed by atoms with Gasteiger partial charge in [0.2, 0.25) is 0 Å². The highest BCUT2D eigenvalue weighted by Gasteiger charge is 2.39. The minimum absolute atomic E-state index is 0.116. The number of rotatable bonds is 8. The van der Waals surface area contributed by atoms with Gasteiger partial charge < -0.3 is 4.90 Å². The van der Waals surface area contributed by atoms with E-state index in [4.69, 9.17) is 0 Å². The molecule has 3 heteroatoms. The van der Waals surface area contributed by atoms with E-state index >= 15 is 0 Å². The Hall–Kier alpha value is -4.97. The average Bonchev–Trinajstić information content (AvgIpc) is 3.38. The molecule has 53 heavy (non-hydrogen) atoms. The van der Waals surface area contributed by atoms with Gasteiger partial charge in [0.25, 0.3) is 0 Å². The van der Waals surface area contributed by atoms with Gasteiger partial charge in [0, 0.05) is 28.4 Å². The van der Waals surface area contributed by atoms with Gasteiger partial charge in [-0.25, -0.2) is 0 Å². The molecular weight excluding hydrogens is 671 g/mol. The molecule has 0 spiro atoms.